The van der Waals surface area contributed by atoms with E-state index in [1.165, 1.54) is 12.1 Å². The van der Waals surface area contributed by atoms with Crippen molar-refractivity contribution in [3.8, 4) is 22.6 Å². The molecule has 0 aliphatic carbocycles. The number of halogens is 1. The molecule has 10 heteroatoms. The second-order valence-corrected chi connectivity index (χ2v) is 13.2. The number of nitrogens with zero attached hydrogens (tertiary/aromatic N) is 4. The molecular weight excluding hydrogens is 508 g/mol. The minimum atomic E-state index is -1.31. The number of aromatic nitrogens is 2. The largest absolute Gasteiger partial charge is 0.416 e. The zero-order valence-corrected chi connectivity index (χ0v) is 23.9. The molecule has 0 amide bonds. The van der Waals surface area contributed by atoms with Crippen LogP contribution in [0.3, 0.4) is 0 Å². The van der Waals surface area contributed by atoms with Crippen LogP contribution in [0, 0.1) is 10.1 Å². The quantitative estimate of drug-likeness (QED) is 0.206. The Bertz CT molecular complexity index is 1290. The fourth-order valence-electron chi connectivity index (χ4n) is 4.48. The Kier molecular flexibility index (Phi) is 8.28. The molecule has 37 heavy (non-hydrogen) atoms. The first-order valence-electron chi connectivity index (χ1n) is 12.4. The molecule has 3 aromatic rings. The average molecular weight is 541 g/mol. The number of hydrogen-bond donors (Lipinski definition) is 0. The van der Waals surface area contributed by atoms with Gasteiger partial charge in [-0.2, -0.15) is 0 Å². The lowest BCUT2D eigenvalue weighted by Crippen LogP contribution is -2.36. The van der Waals surface area contributed by atoms with Gasteiger partial charge in [-0.05, 0) is 35.7 Å². The van der Waals surface area contributed by atoms with Crippen molar-refractivity contribution in [1.82, 2.24) is 9.97 Å². The number of anilines is 1. The molecule has 0 radical (unpaired) electrons. The van der Waals surface area contributed by atoms with Crippen LogP contribution in [0.15, 0.2) is 42.5 Å². The van der Waals surface area contributed by atoms with Crippen LogP contribution in [0.5, 0.6) is 0 Å². The summed E-state index contributed by atoms with van der Waals surface area (Å²) >= 11 is 6.75. The van der Waals surface area contributed by atoms with Gasteiger partial charge in [-0.15, -0.1) is 0 Å². The Morgan fingerprint density at radius 2 is 1.86 bits per heavy atom. The molecule has 196 valence electrons. The van der Waals surface area contributed by atoms with Crippen molar-refractivity contribution in [3.63, 3.8) is 0 Å². The Morgan fingerprint density at radius 1 is 1.14 bits per heavy atom. The van der Waals surface area contributed by atoms with Crippen LogP contribution in [0.1, 0.15) is 31.9 Å². The fraction of sp³-hybridized carbons (Fsp3) is 0.407. The third-order valence-corrected chi connectivity index (χ3v) is 7.36. The lowest BCUT2D eigenvalue weighted by atomic mass is 9.81. The maximum Gasteiger partial charge on any atom is 0.270 e. The highest BCUT2D eigenvalue weighted by atomic mass is 35.5. The number of hydrogen-bond acceptors (Lipinski definition) is 7. The lowest BCUT2D eigenvalue weighted by molar-refractivity contribution is -0.384. The predicted molar refractivity (Wildman–Crippen MR) is 150 cm³/mol. The highest BCUT2D eigenvalue weighted by molar-refractivity contribution is 6.48. The Balaban J connectivity index is 1.94. The monoisotopic (exact) mass is 540 g/mol. The summed E-state index contributed by atoms with van der Waals surface area (Å²) in [4.78, 5) is 23.0. The number of nitro groups is 1. The molecule has 1 aliphatic rings. The summed E-state index contributed by atoms with van der Waals surface area (Å²) in [5, 5.41) is 12.1. The molecular formula is C27H33ClN4O4Si. The molecule has 1 aromatic heterocycles. The van der Waals surface area contributed by atoms with Crippen LogP contribution >= 0.6 is 11.6 Å². The van der Waals surface area contributed by atoms with Crippen molar-refractivity contribution in [2.24, 2.45) is 0 Å². The highest BCUT2D eigenvalue weighted by Crippen LogP contribution is 2.39. The zero-order valence-electron chi connectivity index (χ0n) is 22.0. The molecule has 0 N–H and O–H groups in total. The number of rotatable bonds is 7. The van der Waals surface area contributed by atoms with Crippen molar-refractivity contribution in [3.05, 3.63) is 68.7 Å². The van der Waals surface area contributed by atoms with Crippen LogP contribution < -0.4 is 4.90 Å². The highest BCUT2D eigenvalue weighted by Gasteiger charge is 2.26. The van der Waals surface area contributed by atoms with E-state index in [9.17, 15) is 10.1 Å². The third kappa shape index (κ3) is 6.35. The molecule has 8 nitrogen and oxygen atoms in total. The van der Waals surface area contributed by atoms with Gasteiger partial charge in [0.1, 0.15) is 5.82 Å². The van der Waals surface area contributed by atoms with Gasteiger partial charge < -0.3 is 14.1 Å². The van der Waals surface area contributed by atoms with E-state index in [0.29, 0.717) is 49.3 Å². The number of benzene rings is 2. The lowest BCUT2D eigenvalue weighted by Gasteiger charge is -2.29. The van der Waals surface area contributed by atoms with Gasteiger partial charge >= 0.3 is 0 Å². The van der Waals surface area contributed by atoms with Crippen LogP contribution in [-0.2, 0) is 21.2 Å². The van der Waals surface area contributed by atoms with E-state index in [1.54, 1.807) is 12.1 Å². The second-order valence-electron chi connectivity index (χ2n) is 10.4. The standard InChI is InChI=1S/C27H33ClN4O4Si/c1-27(2,3)25-21(17-36-37(4)5)20(9-10-22(25)28)23-16-24(31-11-13-35-14-12-31)30-26(29-23)18-7-6-8-19(15-18)32(33)34/h6-10,15-16,37H,11-14,17H2,1-5H3. The van der Waals surface area contributed by atoms with Crippen LogP contribution in [0.25, 0.3) is 22.6 Å². The number of ether oxygens (including phenoxy) is 1. The van der Waals surface area contributed by atoms with E-state index in [4.69, 9.17) is 30.7 Å². The second kappa shape index (κ2) is 11.3. The van der Waals surface area contributed by atoms with Crippen molar-refractivity contribution in [1.29, 1.82) is 0 Å². The Labute approximate surface area is 224 Å². The Morgan fingerprint density at radius 3 is 2.51 bits per heavy atom. The zero-order chi connectivity index (χ0) is 26.7. The molecule has 1 aliphatic heterocycles. The average Bonchev–Trinajstić information content (AvgIpc) is 2.87. The van der Waals surface area contributed by atoms with Gasteiger partial charge in [0.15, 0.2) is 14.9 Å². The molecule has 1 fully saturated rings. The topological polar surface area (TPSA) is 90.6 Å². The summed E-state index contributed by atoms with van der Waals surface area (Å²) in [6.45, 7) is 13.8. The first-order chi connectivity index (χ1) is 17.5. The van der Waals surface area contributed by atoms with E-state index < -0.39 is 14.0 Å². The summed E-state index contributed by atoms with van der Waals surface area (Å²) in [6, 6.07) is 12.3. The minimum Gasteiger partial charge on any atom is -0.416 e. The number of non-ortho nitro benzene ring substituents is 1. The summed E-state index contributed by atoms with van der Waals surface area (Å²) in [5.74, 6) is 1.19. The van der Waals surface area contributed by atoms with E-state index in [0.717, 1.165) is 28.2 Å². The summed E-state index contributed by atoms with van der Waals surface area (Å²) in [5.41, 5.74) is 4.06. The maximum atomic E-state index is 11.4. The van der Waals surface area contributed by atoms with Crippen molar-refractivity contribution >= 4 is 32.1 Å². The van der Waals surface area contributed by atoms with Crippen LogP contribution in [0.4, 0.5) is 11.5 Å². The number of morpholine rings is 1. The molecule has 0 bridgehead atoms. The molecule has 2 aromatic carbocycles. The van der Waals surface area contributed by atoms with Gasteiger partial charge in [-0.25, -0.2) is 9.97 Å². The maximum absolute atomic E-state index is 11.4. The SMILES string of the molecule is C[SiH](C)OCc1c(-c2cc(N3CCOCC3)nc(-c3cccc([N+](=O)[O-])c3)n2)ccc(Cl)c1C(C)(C)C. The van der Waals surface area contributed by atoms with Gasteiger partial charge in [0.2, 0.25) is 0 Å². The molecule has 1 saturated heterocycles. The first kappa shape index (κ1) is 27.2. The third-order valence-electron chi connectivity index (χ3n) is 6.21. The van der Waals surface area contributed by atoms with Crippen molar-refractivity contribution < 1.29 is 14.1 Å². The molecule has 2 heterocycles. The summed E-state index contributed by atoms with van der Waals surface area (Å²) < 4.78 is 11.8. The van der Waals surface area contributed by atoms with Crippen LogP contribution in [-0.4, -0.2) is 50.2 Å². The van der Waals surface area contributed by atoms with Gasteiger partial charge in [0, 0.05) is 47.4 Å². The van der Waals surface area contributed by atoms with Gasteiger partial charge in [0.05, 0.1) is 30.4 Å². The van der Waals surface area contributed by atoms with Gasteiger partial charge in [-0.3, -0.25) is 10.1 Å². The summed E-state index contributed by atoms with van der Waals surface area (Å²) in [7, 11) is -1.31. The van der Waals surface area contributed by atoms with E-state index in [1.807, 2.05) is 18.2 Å². The fourth-order valence-corrected chi connectivity index (χ4v) is 5.45. The van der Waals surface area contributed by atoms with E-state index in [-0.39, 0.29) is 11.1 Å². The van der Waals surface area contributed by atoms with E-state index in [2.05, 4.69) is 38.8 Å². The molecule has 0 saturated carbocycles. The van der Waals surface area contributed by atoms with E-state index >= 15 is 0 Å². The Hall–Kier alpha value is -2.85. The van der Waals surface area contributed by atoms with Crippen molar-refractivity contribution in [2.45, 2.75) is 45.9 Å². The van der Waals surface area contributed by atoms with Gasteiger partial charge in [-0.1, -0.05) is 50.6 Å². The smallest absolute Gasteiger partial charge is 0.270 e. The predicted octanol–water partition coefficient (Wildman–Crippen LogP) is 6.01. The minimum absolute atomic E-state index is 0.00285. The molecule has 0 unspecified atom stereocenters. The van der Waals surface area contributed by atoms with Crippen LogP contribution in [0.2, 0.25) is 18.1 Å². The molecule has 4 rings (SSSR count). The first-order valence-corrected chi connectivity index (χ1v) is 15.6. The normalized spacial score (nSPS) is 14.3. The van der Waals surface area contributed by atoms with Crippen molar-refractivity contribution in [2.75, 3.05) is 31.2 Å². The molecule has 0 spiro atoms. The van der Waals surface area contributed by atoms with Gasteiger partial charge in [0.25, 0.3) is 5.69 Å². The number of nitro benzene ring substituents is 1. The molecule has 0 atom stereocenters. The summed E-state index contributed by atoms with van der Waals surface area (Å²) in [6.07, 6.45) is 0.